The molecule has 0 bridgehead atoms. The summed E-state index contributed by atoms with van der Waals surface area (Å²) in [5.74, 6) is 3.44. The topological polar surface area (TPSA) is 25.8 Å². The van der Waals surface area contributed by atoms with E-state index >= 15 is 0 Å². The summed E-state index contributed by atoms with van der Waals surface area (Å²) in [7, 11) is 0. The van der Waals surface area contributed by atoms with Crippen molar-refractivity contribution in [3.8, 4) is 0 Å². The molecule has 0 spiro atoms. The van der Waals surface area contributed by atoms with Gasteiger partial charge in [0.15, 0.2) is 0 Å². The number of thioether (sulfide) groups is 1. The van der Waals surface area contributed by atoms with E-state index in [-0.39, 0.29) is 0 Å². The molecule has 0 amide bonds. The van der Waals surface area contributed by atoms with Gasteiger partial charge in [0.2, 0.25) is 0 Å². The Kier molecular flexibility index (Phi) is 4.08. The van der Waals surface area contributed by atoms with Gasteiger partial charge in [0.05, 0.1) is 11.4 Å². The van der Waals surface area contributed by atoms with Crippen molar-refractivity contribution in [1.82, 2.24) is 10.2 Å². The van der Waals surface area contributed by atoms with Crippen molar-refractivity contribution in [3.05, 3.63) is 22.5 Å². The van der Waals surface area contributed by atoms with Crippen molar-refractivity contribution in [2.45, 2.75) is 52.4 Å². The summed E-state index contributed by atoms with van der Waals surface area (Å²) in [6.45, 7) is 8.88. The fraction of sp³-hybridized carbons (Fsp3) is 0.714. The molecule has 0 radical (unpaired) electrons. The first-order valence-electron chi connectivity index (χ1n) is 6.57. The zero-order valence-electron chi connectivity index (χ0n) is 11.3. The molecule has 0 fully saturated rings. The van der Waals surface area contributed by atoms with E-state index in [1.54, 1.807) is 0 Å². The lowest BCUT2D eigenvalue weighted by Gasteiger charge is -2.18. The van der Waals surface area contributed by atoms with Gasteiger partial charge in [0.25, 0.3) is 0 Å². The second-order valence-corrected chi connectivity index (χ2v) is 6.57. The lowest BCUT2D eigenvalue weighted by atomic mass is 9.92. The Hall–Kier alpha value is -0.570. The van der Waals surface area contributed by atoms with Crippen molar-refractivity contribution < 1.29 is 0 Å². The van der Waals surface area contributed by atoms with Crippen LogP contribution in [0.3, 0.4) is 0 Å². The van der Waals surface area contributed by atoms with Gasteiger partial charge in [-0.2, -0.15) is 22.0 Å². The Balaban J connectivity index is 2.54. The van der Waals surface area contributed by atoms with E-state index in [2.05, 4.69) is 49.7 Å². The number of rotatable bonds is 2. The fourth-order valence-electron chi connectivity index (χ4n) is 2.47. The first-order valence-corrected chi connectivity index (χ1v) is 7.72. The normalized spacial score (nSPS) is 16.1. The summed E-state index contributed by atoms with van der Waals surface area (Å²) in [4.78, 5) is 0. The van der Waals surface area contributed by atoms with Gasteiger partial charge >= 0.3 is 0 Å². The fourth-order valence-corrected chi connectivity index (χ4v) is 3.37. The lowest BCUT2D eigenvalue weighted by molar-refractivity contribution is 0.701. The van der Waals surface area contributed by atoms with Crippen molar-refractivity contribution in [2.75, 3.05) is 11.5 Å². The summed E-state index contributed by atoms with van der Waals surface area (Å²) in [6, 6.07) is 0. The standard InChI is InChI=1S/C14H22N2S/c1-9(2)13-11-5-7-17-8-6-12(11)14(10(3)4)16-15-13/h9-10H,5-8H2,1-4H3. The van der Waals surface area contributed by atoms with Crippen LogP contribution in [-0.2, 0) is 12.8 Å². The molecule has 0 N–H and O–H groups in total. The number of aromatic nitrogens is 2. The van der Waals surface area contributed by atoms with Crippen LogP contribution in [-0.4, -0.2) is 21.7 Å². The predicted octanol–water partition coefficient (Wildman–Crippen LogP) is 3.56. The minimum absolute atomic E-state index is 0.487. The molecule has 2 heterocycles. The zero-order chi connectivity index (χ0) is 12.4. The summed E-state index contributed by atoms with van der Waals surface area (Å²) < 4.78 is 0. The van der Waals surface area contributed by atoms with Crippen LogP contribution in [0.1, 0.15) is 62.0 Å². The van der Waals surface area contributed by atoms with E-state index in [0.29, 0.717) is 11.8 Å². The molecule has 0 unspecified atom stereocenters. The SMILES string of the molecule is CC(C)c1nnc(C(C)C)c2c1CCSCC2. The van der Waals surface area contributed by atoms with Gasteiger partial charge in [-0.3, -0.25) is 0 Å². The third kappa shape index (κ3) is 2.65. The van der Waals surface area contributed by atoms with E-state index in [4.69, 9.17) is 0 Å². The second-order valence-electron chi connectivity index (χ2n) is 5.35. The first kappa shape index (κ1) is 12.9. The highest BCUT2D eigenvalue weighted by Crippen LogP contribution is 2.30. The van der Waals surface area contributed by atoms with Gasteiger partial charge < -0.3 is 0 Å². The van der Waals surface area contributed by atoms with E-state index in [1.165, 1.54) is 46.9 Å². The van der Waals surface area contributed by atoms with E-state index < -0.39 is 0 Å². The van der Waals surface area contributed by atoms with Crippen LogP contribution in [0, 0.1) is 0 Å². The lowest BCUT2D eigenvalue weighted by Crippen LogP contribution is -2.12. The van der Waals surface area contributed by atoms with Crippen LogP contribution in [0.2, 0.25) is 0 Å². The highest BCUT2D eigenvalue weighted by atomic mass is 32.2. The molecular formula is C14H22N2S. The van der Waals surface area contributed by atoms with Crippen LogP contribution in [0.15, 0.2) is 0 Å². The van der Waals surface area contributed by atoms with Gasteiger partial charge in [-0.1, -0.05) is 27.7 Å². The number of hydrogen-bond donors (Lipinski definition) is 0. The van der Waals surface area contributed by atoms with Crippen LogP contribution in [0.25, 0.3) is 0 Å². The third-order valence-electron chi connectivity index (χ3n) is 3.33. The molecule has 1 aromatic rings. The molecule has 2 nitrogen and oxygen atoms in total. The summed E-state index contributed by atoms with van der Waals surface area (Å²) >= 11 is 2.06. The summed E-state index contributed by atoms with van der Waals surface area (Å²) in [5.41, 5.74) is 5.46. The predicted molar refractivity (Wildman–Crippen MR) is 74.9 cm³/mol. The molecule has 3 heteroatoms. The molecule has 1 aliphatic heterocycles. The van der Waals surface area contributed by atoms with Gasteiger partial charge in [0, 0.05) is 0 Å². The Morgan fingerprint density at radius 2 is 1.24 bits per heavy atom. The number of fused-ring (bicyclic) bond motifs is 1. The van der Waals surface area contributed by atoms with Crippen LogP contribution >= 0.6 is 11.8 Å². The minimum Gasteiger partial charge on any atom is -0.161 e. The maximum atomic E-state index is 4.50. The van der Waals surface area contributed by atoms with Crippen LogP contribution < -0.4 is 0 Å². The van der Waals surface area contributed by atoms with Crippen molar-refractivity contribution in [2.24, 2.45) is 0 Å². The van der Waals surface area contributed by atoms with Crippen molar-refractivity contribution in [3.63, 3.8) is 0 Å². The average Bonchev–Trinajstić information content (AvgIpc) is 2.52. The van der Waals surface area contributed by atoms with Crippen LogP contribution in [0.4, 0.5) is 0 Å². The number of nitrogens with zero attached hydrogens (tertiary/aromatic N) is 2. The Morgan fingerprint density at radius 1 is 0.824 bits per heavy atom. The Bertz CT molecular complexity index is 362. The van der Waals surface area contributed by atoms with Crippen LogP contribution in [0.5, 0.6) is 0 Å². The third-order valence-corrected chi connectivity index (χ3v) is 4.32. The molecule has 0 aromatic carbocycles. The molecule has 94 valence electrons. The average molecular weight is 250 g/mol. The zero-order valence-corrected chi connectivity index (χ0v) is 12.1. The van der Waals surface area contributed by atoms with Gasteiger partial charge in [-0.15, -0.1) is 0 Å². The minimum atomic E-state index is 0.487. The molecule has 1 aliphatic rings. The highest BCUT2D eigenvalue weighted by molar-refractivity contribution is 7.99. The molecule has 0 saturated carbocycles. The summed E-state index contributed by atoms with van der Waals surface area (Å²) in [5, 5.41) is 8.99. The van der Waals surface area contributed by atoms with Gasteiger partial charge in [-0.25, -0.2) is 0 Å². The summed E-state index contributed by atoms with van der Waals surface area (Å²) in [6.07, 6.45) is 2.34. The molecule has 17 heavy (non-hydrogen) atoms. The maximum Gasteiger partial charge on any atom is 0.0691 e. The second kappa shape index (κ2) is 5.38. The van der Waals surface area contributed by atoms with Gasteiger partial charge in [0.1, 0.15) is 0 Å². The molecule has 2 rings (SSSR count). The maximum absolute atomic E-state index is 4.50. The number of hydrogen-bond acceptors (Lipinski definition) is 3. The van der Waals surface area contributed by atoms with E-state index in [0.717, 1.165) is 0 Å². The van der Waals surface area contributed by atoms with Crippen molar-refractivity contribution >= 4 is 11.8 Å². The largest absolute Gasteiger partial charge is 0.161 e. The Labute approximate surface area is 109 Å². The molecule has 0 saturated heterocycles. The quantitative estimate of drug-likeness (QED) is 0.802. The monoisotopic (exact) mass is 250 g/mol. The molecule has 0 atom stereocenters. The molecule has 1 aromatic heterocycles. The molecule has 0 aliphatic carbocycles. The van der Waals surface area contributed by atoms with E-state index in [1.807, 2.05) is 0 Å². The van der Waals surface area contributed by atoms with E-state index in [9.17, 15) is 0 Å². The first-order chi connectivity index (χ1) is 8.11. The van der Waals surface area contributed by atoms with Crippen molar-refractivity contribution in [1.29, 1.82) is 0 Å². The molecular weight excluding hydrogens is 228 g/mol. The smallest absolute Gasteiger partial charge is 0.0691 e. The highest BCUT2D eigenvalue weighted by Gasteiger charge is 2.21. The Morgan fingerprint density at radius 3 is 1.59 bits per heavy atom. The van der Waals surface area contributed by atoms with Gasteiger partial charge in [-0.05, 0) is 47.3 Å².